The lowest BCUT2D eigenvalue weighted by Gasteiger charge is -2.27. The standard InChI is InChI=1S/C29H20BrNO7/c1-2-37-28(36)15-10-12-18(13-11-15)31-26(34)21-22(27(31)35)29(38-23(21)16-6-5-7-17(30)14-16)24(32)19-8-3-4-9-20(19)25(29)33/h3-14,21-23H,2H2,1H3/t21-,22+,23+/m1/s1. The lowest BCUT2D eigenvalue weighted by atomic mass is 9.77. The molecule has 0 radical (unpaired) electrons. The number of amides is 2. The van der Waals surface area contributed by atoms with Crippen LogP contribution in [0.3, 0.4) is 0 Å². The molecule has 2 heterocycles. The highest BCUT2D eigenvalue weighted by Crippen LogP contribution is 2.57. The number of rotatable bonds is 4. The van der Waals surface area contributed by atoms with Crippen LogP contribution >= 0.6 is 15.9 Å². The van der Waals surface area contributed by atoms with E-state index in [0.29, 0.717) is 10.0 Å². The van der Waals surface area contributed by atoms with Gasteiger partial charge in [0.05, 0.1) is 35.8 Å². The number of hydrogen-bond donors (Lipinski definition) is 0. The molecule has 6 rings (SSSR count). The predicted octanol–water partition coefficient (Wildman–Crippen LogP) is 4.32. The molecule has 38 heavy (non-hydrogen) atoms. The SMILES string of the molecule is CCOC(=O)c1ccc(N2C(=O)[C@@H]3[C@@H](C2=O)C2(O[C@H]3c3cccc(Br)c3)C(=O)c3ccccc3C2=O)cc1. The van der Waals surface area contributed by atoms with E-state index in [1.165, 1.54) is 36.4 Å². The molecule has 2 fully saturated rings. The Labute approximate surface area is 225 Å². The number of ketones is 2. The number of carbonyl (C=O) groups excluding carboxylic acids is 5. The quantitative estimate of drug-likeness (QED) is 0.260. The van der Waals surface area contributed by atoms with Crippen LogP contribution in [0, 0.1) is 11.8 Å². The van der Waals surface area contributed by atoms with Crippen LogP contribution < -0.4 is 4.90 Å². The van der Waals surface area contributed by atoms with Gasteiger partial charge in [-0.1, -0.05) is 52.3 Å². The van der Waals surface area contributed by atoms with Gasteiger partial charge >= 0.3 is 5.97 Å². The van der Waals surface area contributed by atoms with Crippen molar-refractivity contribution >= 4 is 51.0 Å². The Morgan fingerprint density at radius 1 is 0.921 bits per heavy atom. The molecule has 3 aliphatic rings. The molecule has 9 heteroatoms. The Morgan fingerprint density at radius 2 is 1.58 bits per heavy atom. The maximum atomic E-state index is 14.0. The van der Waals surface area contributed by atoms with E-state index in [2.05, 4.69) is 15.9 Å². The monoisotopic (exact) mass is 573 g/mol. The topological polar surface area (TPSA) is 107 Å². The van der Waals surface area contributed by atoms with Gasteiger partial charge in [0.15, 0.2) is 0 Å². The van der Waals surface area contributed by atoms with Crippen LogP contribution in [0.2, 0.25) is 0 Å². The maximum absolute atomic E-state index is 14.0. The molecule has 2 aliphatic heterocycles. The molecule has 0 saturated carbocycles. The third kappa shape index (κ3) is 3.28. The summed E-state index contributed by atoms with van der Waals surface area (Å²) < 4.78 is 12.0. The molecule has 0 aromatic heterocycles. The first-order valence-corrected chi connectivity index (χ1v) is 12.9. The molecule has 1 spiro atoms. The van der Waals surface area contributed by atoms with Gasteiger partial charge in [-0.15, -0.1) is 0 Å². The van der Waals surface area contributed by atoms with Crippen molar-refractivity contribution in [3.63, 3.8) is 0 Å². The summed E-state index contributed by atoms with van der Waals surface area (Å²) in [4.78, 5) is 68.6. The Bertz CT molecular complexity index is 1510. The van der Waals surface area contributed by atoms with Crippen molar-refractivity contribution < 1.29 is 33.4 Å². The lowest BCUT2D eigenvalue weighted by molar-refractivity contribution is -0.127. The molecular formula is C29H20BrNO7. The highest BCUT2D eigenvalue weighted by atomic mass is 79.9. The Morgan fingerprint density at radius 3 is 2.18 bits per heavy atom. The summed E-state index contributed by atoms with van der Waals surface area (Å²) in [6, 6.07) is 19.2. The number of imide groups is 1. The first-order valence-electron chi connectivity index (χ1n) is 12.1. The fourth-order valence-corrected chi connectivity index (χ4v) is 6.13. The van der Waals surface area contributed by atoms with Gasteiger partial charge in [0.2, 0.25) is 29.0 Å². The van der Waals surface area contributed by atoms with Crippen LogP contribution in [0.25, 0.3) is 0 Å². The van der Waals surface area contributed by atoms with E-state index in [-0.39, 0.29) is 29.0 Å². The second kappa shape index (κ2) is 8.82. The van der Waals surface area contributed by atoms with E-state index >= 15 is 0 Å². The Hall–Kier alpha value is -3.95. The molecule has 3 atom stereocenters. The minimum atomic E-state index is -2.15. The van der Waals surface area contributed by atoms with Crippen molar-refractivity contribution in [2.24, 2.45) is 11.8 Å². The van der Waals surface area contributed by atoms with Gasteiger partial charge in [-0.3, -0.25) is 19.2 Å². The van der Waals surface area contributed by atoms with Gasteiger partial charge in [0, 0.05) is 15.6 Å². The smallest absolute Gasteiger partial charge is 0.338 e. The molecule has 190 valence electrons. The van der Waals surface area contributed by atoms with Crippen LogP contribution in [0.4, 0.5) is 5.69 Å². The number of esters is 1. The summed E-state index contributed by atoms with van der Waals surface area (Å²) >= 11 is 3.42. The van der Waals surface area contributed by atoms with E-state index in [9.17, 15) is 24.0 Å². The molecule has 3 aromatic rings. The van der Waals surface area contributed by atoms with Gasteiger partial charge in [-0.2, -0.15) is 0 Å². The predicted molar refractivity (Wildman–Crippen MR) is 138 cm³/mol. The van der Waals surface area contributed by atoms with Crippen molar-refractivity contribution in [3.8, 4) is 0 Å². The largest absolute Gasteiger partial charge is 0.462 e. The minimum absolute atomic E-state index is 0.170. The van der Waals surface area contributed by atoms with Crippen molar-refractivity contribution in [2.45, 2.75) is 18.6 Å². The summed E-state index contributed by atoms with van der Waals surface area (Å²) in [5, 5.41) is 0. The van der Waals surface area contributed by atoms with Crippen LogP contribution in [-0.2, 0) is 19.1 Å². The fourth-order valence-electron chi connectivity index (χ4n) is 5.72. The summed E-state index contributed by atoms with van der Waals surface area (Å²) in [7, 11) is 0. The number of fused-ring (bicyclic) bond motifs is 3. The normalized spacial score (nSPS) is 23.2. The summed E-state index contributed by atoms with van der Waals surface area (Å²) in [5.74, 6) is -5.51. The van der Waals surface area contributed by atoms with Crippen molar-refractivity contribution in [1.29, 1.82) is 0 Å². The number of benzene rings is 3. The molecule has 2 amide bonds. The van der Waals surface area contributed by atoms with Gasteiger partial charge in [0.25, 0.3) is 0 Å². The van der Waals surface area contributed by atoms with Crippen molar-refractivity contribution in [1.82, 2.24) is 0 Å². The number of halogens is 1. The van der Waals surface area contributed by atoms with Crippen molar-refractivity contribution in [3.05, 3.63) is 99.5 Å². The van der Waals surface area contributed by atoms with Crippen LogP contribution in [0.1, 0.15) is 49.7 Å². The zero-order chi connectivity index (χ0) is 26.8. The molecule has 8 nitrogen and oxygen atoms in total. The van der Waals surface area contributed by atoms with E-state index in [4.69, 9.17) is 9.47 Å². The van der Waals surface area contributed by atoms with E-state index in [1.54, 1.807) is 43.3 Å². The molecular weight excluding hydrogens is 554 g/mol. The number of nitrogens with zero attached hydrogens (tertiary/aromatic N) is 1. The number of Topliss-reactive ketones (excluding diaryl/α,β-unsaturated/α-hetero) is 2. The van der Waals surface area contributed by atoms with Crippen molar-refractivity contribution in [2.75, 3.05) is 11.5 Å². The summed E-state index contributed by atoms with van der Waals surface area (Å²) in [6.07, 6.45) is -1.01. The first kappa shape index (κ1) is 24.4. The van der Waals surface area contributed by atoms with Crippen LogP contribution in [0.5, 0.6) is 0 Å². The zero-order valence-corrected chi connectivity index (χ0v) is 21.6. The molecule has 0 N–H and O–H groups in total. The van der Waals surface area contributed by atoms with Gasteiger partial charge in [0.1, 0.15) is 0 Å². The number of carbonyl (C=O) groups is 5. The average Bonchev–Trinajstić information content (AvgIpc) is 3.49. The molecule has 3 aromatic carbocycles. The second-order valence-electron chi connectivity index (χ2n) is 9.32. The maximum Gasteiger partial charge on any atom is 0.338 e. The fraction of sp³-hybridized carbons (Fsp3) is 0.207. The minimum Gasteiger partial charge on any atom is -0.462 e. The Kier molecular flexibility index (Phi) is 5.66. The molecule has 2 saturated heterocycles. The average molecular weight is 574 g/mol. The number of anilines is 1. The number of hydrogen-bond acceptors (Lipinski definition) is 7. The highest BCUT2D eigenvalue weighted by Gasteiger charge is 2.74. The van der Waals surface area contributed by atoms with Gasteiger partial charge in [-0.25, -0.2) is 9.69 Å². The van der Waals surface area contributed by atoms with E-state index in [1.807, 2.05) is 0 Å². The van der Waals surface area contributed by atoms with Crippen LogP contribution in [-0.4, -0.2) is 41.6 Å². The third-order valence-corrected chi connectivity index (χ3v) is 7.83. The Balaban J connectivity index is 1.47. The first-order chi connectivity index (χ1) is 18.3. The van der Waals surface area contributed by atoms with Gasteiger partial charge in [-0.05, 0) is 48.9 Å². The highest BCUT2D eigenvalue weighted by molar-refractivity contribution is 9.10. The number of ether oxygens (including phenoxy) is 2. The third-order valence-electron chi connectivity index (χ3n) is 7.33. The zero-order valence-electron chi connectivity index (χ0n) is 20.1. The summed E-state index contributed by atoms with van der Waals surface area (Å²) in [5.41, 5.74) is -0.761. The molecule has 0 bridgehead atoms. The van der Waals surface area contributed by atoms with E-state index < -0.39 is 52.9 Å². The molecule has 0 unspecified atom stereocenters. The van der Waals surface area contributed by atoms with Crippen LogP contribution in [0.15, 0.2) is 77.3 Å². The van der Waals surface area contributed by atoms with Gasteiger partial charge < -0.3 is 9.47 Å². The summed E-state index contributed by atoms with van der Waals surface area (Å²) in [6.45, 7) is 1.90. The molecule has 1 aliphatic carbocycles. The lowest BCUT2D eigenvalue weighted by Crippen LogP contribution is -2.51. The second-order valence-corrected chi connectivity index (χ2v) is 10.2. The van der Waals surface area contributed by atoms with E-state index in [0.717, 1.165) is 4.90 Å².